The van der Waals surface area contributed by atoms with Crippen LogP contribution in [0.25, 0.3) is 0 Å². The molecule has 0 aliphatic carbocycles. The van der Waals surface area contributed by atoms with Crippen LogP contribution in [0.5, 0.6) is 0 Å². The summed E-state index contributed by atoms with van der Waals surface area (Å²) in [4.78, 5) is 15.8. The fourth-order valence-electron chi connectivity index (χ4n) is 4.09. The van der Waals surface area contributed by atoms with Gasteiger partial charge in [-0.3, -0.25) is 4.99 Å². The van der Waals surface area contributed by atoms with E-state index in [9.17, 15) is 9.90 Å². The van der Waals surface area contributed by atoms with Gasteiger partial charge >= 0.3 is 5.97 Å². The summed E-state index contributed by atoms with van der Waals surface area (Å²) < 4.78 is 0. The van der Waals surface area contributed by atoms with Crippen molar-refractivity contribution in [1.82, 2.24) is 5.32 Å². The number of allylic oxidation sites excluding steroid dienone is 1. The second-order valence-electron chi connectivity index (χ2n) is 10.1. The van der Waals surface area contributed by atoms with Crippen molar-refractivity contribution in [3.8, 4) is 0 Å². The lowest BCUT2D eigenvalue weighted by molar-refractivity contribution is -0.138. The van der Waals surface area contributed by atoms with Crippen LogP contribution in [0.15, 0.2) is 16.0 Å². The van der Waals surface area contributed by atoms with Gasteiger partial charge in [-0.15, -0.1) is 11.8 Å². The first-order valence-electron chi connectivity index (χ1n) is 12.6. The maximum absolute atomic E-state index is 11.5. The first kappa shape index (κ1) is 28.1. The molecule has 0 aromatic carbocycles. The Labute approximate surface area is 196 Å². The third kappa shape index (κ3) is 14.7. The first-order valence-corrected chi connectivity index (χ1v) is 13.6. The molecule has 0 radical (unpaired) electrons. The van der Waals surface area contributed by atoms with Crippen LogP contribution in [0.4, 0.5) is 0 Å². The van der Waals surface area contributed by atoms with E-state index in [-0.39, 0.29) is 0 Å². The van der Waals surface area contributed by atoms with Gasteiger partial charge in [0.1, 0.15) is 6.04 Å². The maximum atomic E-state index is 11.5. The summed E-state index contributed by atoms with van der Waals surface area (Å²) in [5.41, 5.74) is 1.36. The van der Waals surface area contributed by atoms with Crippen molar-refractivity contribution in [2.45, 2.75) is 111 Å². The van der Waals surface area contributed by atoms with Crippen molar-refractivity contribution in [3.63, 3.8) is 0 Å². The van der Waals surface area contributed by atoms with Crippen molar-refractivity contribution in [1.29, 1.82) is 0 Å². The van der Waals surface area contributed by atoms with E-state index >= 15 is 0 Å². The largest absolute Gasteiger partial charge is 0.480 e. The van der Waals surface area contributed by atoms with Crippen LogP contribution in [0, 0.1) is 17.8 Å². The molecule has 4 nitrogen and oxygen atoms in total. The molecular weight excluding hydrogens is 404 g/mol. The molecule has 1 rings (SSSR count). The molecule has 3 unspecified atom stereocenters. The Bertz CT molecular complexity index is 560. The SMILES string of the molecule is CC(=CSCC(NC1=NCCC1)C(=O)O)CCCC(C)CCCC(C)CCCC(C)C. The van der Waals surface area contributed by atoms with Gasteiger partial charge in [0.15, 0.2) is 0 Å². The Balaban J connectivity index is 2.12. The van der Waals surface area contributed by atoms with Crippen molar-refractivity contribution >= 4 is 23.6 Å². The summed E-state index contributed by atoms with van der Waals surface area (Å²) in [6.07, 6.45) is 13.8. The van der Waals surface area contributed by atoms with E-state index in [1.54, 1.807) is 11.8 Å². The van der Waals surface area contributed by atoms with Gasteiger partial charge in [-0.1, -0.05) is 78.2 Å². The number of thioether (sulfide) groups is 1. The summed E-state index contributed by atoms with van der Waals surface area (Å²) in [6, 6.07) is -0.557. The molecule has 31 heavy (non-hydrogen) atoms. The zero-order chi connectivity index (χ0) is 23.1. The molecule has 2 N–H and O–H groups in total. The minimum absolute atomic E-state index is 0.539. The van der Waals surface area contributed by atoms with Crippen LogP contribution >= 0.6 is 11.8 Å². The molecule has 0 aromatic heterocycles. The van der Waals surface area contributed by atoms with Gasteiger partial charge in [-0.2, -0.15) is 0 Å². The monoisotopic (exact) mass is 452 g/mol. The van der Waals surface area contributed by atoms with Crippen molar-refractivity contribution in [2.75, 3.05) is 12.3 Å². The fourth-order valence-corrected chi connectivity index (χ4v) is 5.00. The molecule has 0 amide bonds. The third-order valence-electron chi connectivity index (χ3n) is 6.20. The zero-order valence-corrected chi connectivity index (χ0v) is 21.6. The molecule has 180 valence electrons. The van der Waals surface area contributed by atoms with Crippen molar-refractivity contribution in [2.24, 2.45) is 22.7 Å². The number of amidine groups is 1. The quantitative estimate of drug-likeness (QED) is 0.243. The Morgan fingerprint density at radius 3 is 2.23 bits per heavy atom. The normalized spacial score (nSPS) is 17.5. The number of hydrogen-bond acceptors (Lipinski definition) is 4. The van der Waals surface area contributed by atoms with Gasteiger partial charge in [0, 0.05) is 18.7 Å². The molecule has 1 aliphatic heterocycles. The van der Waals surface area contributed by atoms with Crippen LogP contribution in [-0.4, -0.2) is 35.3 Å². The third-order valence-corrected chi connectivity index (χ3v) is 7.30. The van der Waals surface area contributed by atoms with Gasteiger partial charge in [-0.25, -0.2) is 4.79 Å². The zero-order valence-electron chi connectivity index (χ0n) is 20.8. The van der Waals surface area contributed by atoms with Crippen molar-refractivity contribution < 1.29 is 9.90 Å². The Morgan fingerprint density at radius 2 is 1.68 bits per heavy atom. The topological polar surface area (TPSA) is 61.7 Å². The molecule has 0 aromatic rings. The van der Waals surface area contributed by atoms with Crippen LogP contribution in [0.2, 0.25) is 0 Å². The van der Waals surface area contributed by atoms with Gasteiger partial charge in [0.25, 0.3) is 0 Å². The maximum Gasteiger partial charge on any atom is 0.327 e. The predicted octanol–water partition coefficient (Wildman–Crippen LogP) is 7.30. The van der Waals surface area contributed by atoms with Gasteiger partial charge in [0.2, 0.25) is 0 Å². The molecule has 0 saturated heterocycles. The number of hydrogen-bond donors (Lipinski definition) is 2. The second-order valence-corrected chi connectivity index (χ2v) is 11.0. The molecule has 1 aliphatic rings. The molecule has 3 atom stereocenters. The summed E-state index contributed by atoms with van der Waals surface area (Å²) >= 11 is 1.60. The molecule has 1 heterocycles. The number of nitrogens with one attached hydrogen (secondary N) is 1. The highest BCUT2D eigenvalue weighted by Gasteiger charge is 2.19. The van der Waals surface area contributed by atoms with E-state index in [4.69, 9.17) is 0 Å². The fraction of sp³-hybridized carbons (Fsp3) is 0.846. The summed E-state index contributed by atoms with van der Waals surface area (Å²) in [7, 11) is 0. The van der Waals surface area contributed by atoms with Crippen molar-refractivity contribution in [3.05, 3.63) is 11.0 Å². The standard InChI is InChI=1S/C26H48N2O2S/c1-20(2)10-6-11-21(3)12-7-13-22(4)14-8-15-23(5)18-31-19-24(26(29)30)28-25-16-9-17-27-25/h18,20-22,24H,6-17,19H2,1-5H3,(H,27,28)(H,29,30). The van der Waals surface area contributed by atoms with E-state index in [1.165, 1.54) is 56.9 Å². The Morgan fingerprint density at radius 1 is 1.06 bits per heavy atom. The van der Waals surface area contributed by atoms with E-state index in [2.05, 4.69) is 50.3 Å². The van der Waals surface area contributed by atoms with E-state index in [0.29, 0.717) is 5.75 Å². The smallest absolute Gasteiger partial charge is 0.327 e. The number of carboxylic acid groups (broad SMARTS) is 1. The summed E-state index contributed by atoms with van der Waals surface area (Å²) in [6.45, 7) is 12.4. The molecule has 0 saturated carbocycles. The van der Waals surface area contributed by atoms with E-state index in [1.807, 2.05) is 0 Å². The number of nitrogens with zero attached hydrogens (tertiary/aromatic N) is 1. The highest BCUT2D eigenvalue weighted by molar-refractivity contribution is 8.02. The minimum Gasteiger partial charge on any atom is -0.480 e. The summed E-state index contributed by atoms with van der Waals surface area (Å²) in [5.74, 6) is 3.11. The summed E-state index contributed by atoms with van der Waals surface area (Å²) in [5, 5.41) is 14.7. The Kier molecular flexibility index (Phi) is 15.1. The lowest BCUT2D eigenvalue weighted by Crippen LogP contribution is -2.41. The number of aliphatic imine (C=N–C) groups is 1. The van der Waals surface area contributed by atoms with Gasteiger partial charge < -0.3 is 10.4 Å². The molecule has 0 bridgehead atoms. The number of carbonyl (C=O) groups is 1. The average molecular weight is 453 g/mol. The molecule has 0 spiro atoms. The van der Waals surface area contributed by atoms with Gasteiger partial charge in [0.05, 0.1) is 5.84 Å². The van der Waals surface area contributed by atoms with Crippen LogP contribution in [0.3, 0.4) is 0 Å². The van der Waals surface area contributed by atoms with Crippen LogP contribution in [-0.2, 0) is 4.79 Å². The Hall–Kier alpha value is -0.970. The highest BCUT2D eigenvalue weighted by Crippen LogP contribution is 2.22. The number of aliphatic carboxylic acids is 1. The van der Waals surface area contributed by atoms with Gasteiger partial charge in [-0.05, 0) is 49.3 Å². The average Bonchev–Trinajstić information content (AvgIpc) is 3.20. The second kappa shape index (κ2) is 16.6. The highest BCUT2D eigenvalue weighted by atomic mass is 32.2. The lowest BCUT2D eigenvalue weighted by Gasteiger charge is -2.15. The number of carboxylic acids is 1. The molecule has 5 heteroatoms. The minimum atomic E-state index is -0.795. The molecular formula is C26H48N2O2S. The lowest BCUT2D eigenvalue weighted by atomic mass is 9.91. The number of rotatable bonds is 17. The van der Waals surface area contributed by atoms with Crippen LogP contribution < -0.4 is 5.32 Å². The van der Waals surface area contributed by atoms with Crippen LogP contribution in [0.1, 0.15) is 105 Å². The van der Waals surface area contributed by atoms with E-state index < -0.39 is 12.0 Å². The molecule has 0 fully saturated rings. The van der Waals surface area contributed by atoms with E-state index in [0.717, 1.165) is 49.4 Å². The first-order chi connectivity index (χ1) is 14.8. The predicted molar refractivity (Wildman–Crippen MR) is 137 cm³/mol.